The van der Waals surface area contributed by atoms with Crippen LogP contribution in [0.5, 0.6) is 0 Å². The maximum Gasteiger partial charge on any atom is 0.144 e. The first-order valence-corrected chi connectivity index (χ1v) is 5.18. The monoisotopic (exact) mass is 211 g/mol. The van der Waals surface area contributed by atoms with E-state index in [2.05, 4.69) is 16.0 Å². The quantitative estimate of drug-likeness (QED) is 0.765. The Morgan fingerprint density at radius 3 is 2.88 bits per heavy atom. The van der Waals surface area contributed by atoms with Crippen LogP contribution in [0.15, 0.2) is 29.1 Å². The summed E-state index contributed by atoms with van der Waals surface area (Å²) in [5, 5.41) is 8.92. The Kier molecular flexibility index (Phi) is 1.97. The van der Waals surface area contributed by atoms with Crippen molar-refractivity contribution in [2.75, 3.05) is 0 Å². The lowest BCUT2D eigenvalue weighted by Gasteiger charge is -2.01. The van der Waals surface area contributed by atoms with Crippen molar-refractivity contribution in [1.29, 1.82) is 5.26 Å². The van der Waals surface area contributed by atoms with Gasteiger partial charge in [-0.1, -0.05) is 0 Å². The van der Waals surface area contributed by atoms with E-state index in [1.54, 1.807) is 18.6 Å². The Bertz CT molecular complexity index is 550. The molecule has 3 rings (SSSR count). The number of rotatable bonds is 2. The van der Waals surface area contributed by atoms with Crippen molar-refractivity contribution in [2.24, 2.45) is 0 Å². The third kappa shape index (κ3) is 1.57. The van der Waals surface area contributed by atoms with Crippen LogP contribution >= 0.6 is 0 Å². The summed E-state index contributed by atoms with van der Waals surface area (Å²) < 4.78 is 5.02. The molecule has 0 bridgehead atoms. The molecule has 0 unspecified atom stereocenters. The van der Waals surface area contributed by atoms with Crippen LogP contribution in [0.3, 0.4) is 0 Å². The van der Waals surface area contributed by atoms with Crippen molar-refractivity contribution in [1.82, 2.24) is 9.97 Å². The van der Waals surface area contributed by atoms with Crippen molar-refractivity contribution < 1.29 is 4.42 Å². The smallest absolute Gasteiger partial charge is 0.144 e. The largest absolute Gasteiger partial charge is 0.472 e. The molecule has 2 heterocycles. The standard InChI is InChI=1S/C12H9N3O/c13-6-10-5-11(9-3-4-16-7-9)15-12(14-10)8-1-2-8/h3-5,7-8H,1-2H2. The van der Waals surface area contributed by atoms with E-state index in [1.807, 2.05) is 6.07 Å². The zero-order chi connectivity index (χ0) is 11.0. The number of hydrogen-bond donors (Lipinski definition) is 0. The number of nitriles is 1. The minimum absolute atomic E-state index is 0.424. The highest BCUT2D eigenvalue weighted by Crippen LogP contribution is 2.38. The summed E-state index contributed by atoms with van der Waals surface area (Å²) in [7, 11) is 0. The predicted molar refractivity (Wildman–Crippen MR) is 56.4 cm³/mol. The zero-order valence-corrected chi connectivity index (χ0v) is 8.55. The van der Waals surface area contributed by atoms with Crippen molar-refractivity contribution >= 4 is 0 Å². The van der Waals surface area contributed by atoms with Gasteiger partial charge in [-0.05, 0) is 18.9 Å². The normalized spacial score (nSPS) is 14.7. The van der Waals surface area contributed by atoms with Crippen LogP contribution in [-0.2, 0) is 0 Å². The molecule has 0 saturated heterocycles. The van der Waals surface area contributed by atoms with Crippen LogP contribution in [0.1, 0.15) is 30.3 Å². The van der Waals surface area contributed by atoms with Gasteiger partial charge in [-0.15, -0.1) is 0 Å². The topological polar surface area (TPSA) is 62.7 Å². The van der Waals surface area contributed by atoms with E-state index in [1.165, 1.54) is 0 Å². The van der Waals surface area contributed by atoms with Crippen LogP contribution in [0, 0.1) is 11.3 Å². The third-order valence-corrected chi connectivity index (χ3v) is 2.62. The zero-order valence-electron chi connectivity index (χ0n) is 8.55. The summed E-state index contributed by atoms with van der Waals surface area (Å²) in [6, 6.07) is 5.60. The number of hydrogen-bond acceptors (Lipinski definition) is 4. The number of furan rings is 1. The molecule has 0 spiro atoms. The molecule has 1 aliphatic carbocycles. The fourth-order valence-corrected chi connectivity index (χ4v) is 1.61. The first-order chi connectivity index (χ1) is 7.86. The summed E-state index contributed by atoms with van der Waals surface area (Å²) in [5.74, 6) is 1.23. The average Bonchev–Trinajstić information content (AvgIpc) is 3.04. The molecule has 2 aromatic heterocycles. The van der Waals surface area contributed by atoms with Gasteiger partial charge in [0, 0.05) is 17.5 Å². The minimum atomic E-state index is 0.424. The molecule has 0 radical (unpaired) electrons. The fraction of sp³-hybridized carbons (Fsp3) is 0.250. The average molecular weight is 211 g/mol. The summed E-state index contributed by atoms with van der Waals surface area (Å²) in [6.45, 7) is 0. The molecule has 16 heavy (non-hydrogen) atoms. The molecule has 2 aromatic rings. The van der Waals surface area contributed by atoms with Gasteiger partial charge in [0.05, 0.1) is 18.2 Å². The summed E-state index contributed by atoms with van der Waals surface area (Å²) >= 11 is 0. The summed E-state index contributed by atoms with van der Waals surface area (Å²) in [5.41, 5.74) is 2.08. The Morgan fingerprint density at radius 2 is 2.25 bits per heavy atom. The molecule has 0 aliphatic heterocycles. The Morgan fingerprint density at radius 1 is 1.38 bits per heavy atom. The van der Waals surface area contributed by atoms with Crippen LogP contribution in [0.4, 0.5) is 0 Å². The molecule has 78 valence electrons. The lowest BCUT2D eigenvalue weighted by atomic mass is 10.2. The van der Waals surface area contributed by atoms with Crippen LogP contribution in [0.2, 0.25) is 0 Å². The molecule has 0 amide bonds. The van der Waals surface area contributed by atoms with Gasteiger partial charge in [0.1, 0.15) is 17.6 Å². The maximum atomic E-state index is 8.92. The van der Waals surface area contributed by atoms with Crippen LogP contribution in [-0.4, -0.2) is 9.97 Å². The Labute approximate surface area is 92.6 Å². The number of aromatic nitrogens is 2. The van der Waals surface area contributed by atoms with Crippen LogP contribution in [0.25, 0.3) is 11.3 Å². The molecule has 0 aromatic carbocycles. The van der Waals surface area contributed by atoms with Gasteiger partial charge in [-0.3, -0.25) is 0 Å². The van der Waals surface area contributed by atoms with Crippen molar-refractivity contribution in [3.8, 4) is 17.3 Å². The molecule has 0 N–H and O–H groups in total. The second-order valence-electron chi connectivity index (χ2n) is 3.89. The molecule has 1 saturated carbocycles. The highest BCUT2D eigenvalue weighted by Gasteiger charge is 2.27. The third-order valence-electron chi connectivity index (χ3n) is 2.62. The van der Waals surface area contributed by atoms with E-state index in [-0.39, 0.29) is 0 Å². The van der Waals surface area contributed by atoms with Gasteiger partial charge in [-0.25, -0.2) is 9.97 Å². The summed E-state index contributed by atoms with van der Waals surface area (Å²) in [4.78, 5) is 8.68. The second kappa shape index (κ2) is 3.46. The van der Waals surface area contributed by atoms with E-state index in [0.717, 1.165) is 29.9 Å². The molecule has 4 heteroatoms. The van der Waals surface area contributed by atoms with E-state index in [9.17, 15) is 0 Å². The summed E-state index contributed by atoms with van der Waals surface area (Å²) in [6.07, 6.45) is 5.47. The number of nitrogens with zero attached hydrogens (tertiary/aromatic N) is 3. The van der Waals surface area contributed by atoms with E-state index in [0.29, 0.717) is 11.6 Å². The minimum Gasteiger partial charge on any atom is -0.472 e. The maximum absolute atomic E-state index is 8.92. The van der Waals surface area contributed by atoms with Gasteiger partial charge >= 0.3 is 0 Å². The van der Waals surface area contributed by atoms with E-state index in [4.69, 9.17) is 9.68 Å². The Hall–Kier alpha value is -2.15. The highest BCUT2D eigenvalue weighted by molar-refractivity contribution is 5.58. The lowest BCUT2D eigenvalue weighted by molar-refractivity contribution is 0.568. The predicted octanol–water partition coefficient (Wildman–Crippen LogP) is 2.49. The Balaban J connectivity index is 2.11. The van der Waals surface area contributed by atoms with Gasteiger partial charge in [0.25, 0.3) is 0 Å². The van der Waals surface area contributed by atoms with Gasteiger partial charge in [-0.2, -0.15) is 5.26 Å². The second-order valence-corrected chi connectivity index (χ2v) is 3.89. The van der Waals surface area contributed by atoms with Gasteiger partial charge < -0.3 is 4.42 Å². The van der Waals surface area contributed by atoms with Crippen LogP contribution < -0.4 is 0 Å². The van der Waals surface area contributed by atoms with Crippen molar-refractivity contribution in [2.45, 2.75) is 18.8 Å². The van der Waals surface area contributed by atoms with Gasteiger partial charge in [0.15, 0.2) is 0 Å². The van der Waals surface area contributed by atoms with Gasteiger partial charge in [0.2, 0.25) is 0 Å². The molecule has 1 aliphatic rings. The van der Waals surface area contributed by atoms with E-state index < -0.39 is 0 Å². The van der Waals surface area contributed by atoms with Crippen molar-refractivity contribution in [3.05, 3.63) is 36.2 Å². The highest BCUT2D eigenvalue weighted by atomic mass is 16.3. The molecular weight excluding hydrogens is 202 g/mol. The molecule has 0 atom stereocenters. The fourth-order valence-electron chi connectivity index (χ4n) is 1.61. The molecule has 1 fully saturated rings. The molecular formula is C12H9N3O. The first kappa shape index (κ1) is 9.10. The SMILES string of the molecule is N#Cc1cc(-c2ccoc2)nc(C2CC2)n1. The molecule has 4 nitrogen and oxygen atoms in total. The lowest BCUT2D eigenvalue weighted by Crippen LogP contribution is -1.97. The van der Waals surface area contributed by atoms with E-state index >= 15 is 0 Å². The van der Waals surface area contributed by atoms with Crippen molar-refractivity contribution in [3.63, 3.8) is 0 Å². The first-order valence-electron chi connectivity index (χ1n) is 5.18.